The predicted molar refractivity (Wildman–Crippen MR) is 130 cm³/mol. The van der Waals surface area contributed by atoms with Crippen LogP contribution in [0.4, 0.5) is 0 Å². The van der Waals surface area contributed by atoms with Crippen molar-refractivity contribution >= 4 is 29.2 Å². The highest BCUT2D eigenvalue weighted by Gasteiger charge is 2.18. The van der Waals surface area contributed by atoms with Crippen molar-refractivity contribution in [3.63, 3.8) is 0 Å². The van der Waals surface area contributed by atoms with Gasteiger partial charge in [-0.15, -0.1) is 0 Å². The molecule has 0 fully saturated rings. The van der Waals surface area contributed by atoms with Gasteiger partial charge in [0.2, 0.25) is 5.88 Å². The molecule has 2 aromatic heterocycles. The van der Waals surface area contributed by atoms with Gasteiger partial charge in [-0.1, -0.05) is 29.8 Å². The third-order valence-corrected chi connectivity index (χ3v) is 5.12. The molecule has 0 unspecified atom stereocenters. The quantitative estimate of drug-likeness (QED) is 0.278. The number of fused-ring (bicyclic) bond motifs is 1. The van der Waals surface area contributed by atoms with Gasteiger partial charge in [-0.25, -0.2) is 0 Å². The second-order valence-electron chi connectivity index (χ2n) is 7.75. The summed E-state index contributed by atoms with van der Waals surface area (Å²) in [4.78, 5) is 30.4. The molecule has 0 aliphatic rings. The Morgan fingerprint density at radius 1 is 1.29 bits per heavy atom. The van der Waals surface area contributed by atoms with Gasteiger partial charge >= 0.3 is 0 Å². The fourth-order valence-electron chi connectivity index (χ4n) is 3.11. The summed E-state index contributed by atoms with van der Waals surface area (Å²) in [5.41, 5.74) is 0.362. The molecule has 34 heavy (non-hydrogen) atoms. The van der Waals surface area contributed by atoms with Gasteiger partial charge in [0.05, 0.1) is 11.1 Å². The lowest BCUT2D eigenvalue weighted by Crippen LogP contribution is -2.27. The zero-order valence-electron chi connectivity index (χ0n) is 19.2. The summed E-state index contributed by atoms with van der Waals surface area (Å²) < 4.78 is 12.7. The molecule has 0 saturated heterocycles. The van der Waals surface area contributed by atoms with Crippen LogP contribution in [0.2, 0.25) is 5.02 Å². The van der Waals surface area contributed by atoms with E-state index in [2.05, 4.69) is 10.3 Å². The zero-order chi connectivity index (χ0) is 24.7. The van der Waals surface area contributed by atoms with Crippen molar-refractivity contribution in [1.82, 2.24) is 14.7 Å². The molecule has 0 spiro atoms. The Labute approximate surface area is 202 Å². The van der Waals surface area contributed by atoms with Gasteiger partial charge in [0, 0.05) is 19.3 Å². The highest BCUT2D eigenvalue weighted by Crippen LogP contribution is 2.30. The summed E-state index contributed by atoms with van der Waals surface area (Å²) in [5, 5.41) is 12.6. The number of aromatic nitrogens is 2. The van der Waals surface area contributed by atoms with Crippen LogP contribution in [0.25, 0.3) is 11.7 Å². The molecule has 1 N–H and O–H groups in total. The Balaban J connectivity index is 2.00. The number of benzene rings is 1. The Kier molecular flexibility index (Phi) is 8.41. The molecule has 0 aliphatic carbocycles. The molecule has 0 bridgehead atoms. The monoisotopic (exact) mass is 480 g/mol. The Morgan fingerprint density at radius 2 is 2.06 bits per heavy atom. The van der Waals surface area contributed by atoms with Gasteiger partial charge in [0.1, 0.15) is 28.6 Å². The summed E-state index contributed by atoms with van der Waals surface area (Å²) in [6.45, 7) is 6.47. The van der Waals surface area contributed by atoms with E-state index in [4.69, 9.17) is 21.1 Å². The van der Waals surface area contributed by atoms with Crippen LogP contribution in [0.1, 0.15) is 31.4 Å². The maximum absolute atomic E-state index is 13.3. The number of nitrogens with zero attached hydrogens (tertiary/aromatic N) is 3. The maximum Gasteiger partial charge on any atom is 0.269 e. The SMILES string of the molecule is Cc1cccn2c(=O)c(/C=C(\C#N)C(=O)NCCCOC(C)C)c(Oc3ccccc3Cl)nc12. The highest BCUT2D eigenvalue weighted by atomic mass is 35.5. The average Bonchev–Trinajstić information content (AvgIpc) is 2.80. The molecular formula is C25H25ClN4O4. The van der Waals surface area contributed by atoms with Crippen molar-refractivity contribution in [3.8, 4) is 17.7 Å². The van der Waals surface area contributed by atoms with E-state index < -0.39 is 11.5 Å². The predicted octanol–water partition coefficient (Wildman–Crippen LogP) is 4.29. The molecule has 0 radical (unpaired) electrons. The largest absolute Gasteiger partial charge is 0.437 e. The lowest BCUT2D eigenvalue weighted by atomic mass is 10.1. The van der Waals surface area contributed by atoms with E-state index in [-0.39, 0.29) is 28.9 Å². The summed E-state index contributed by atoms with van der Waals surface area (Å²) in [7, 11) is 0. The van der Waals surface area contributed by atoms with Crippen LogP contribution in [0.5, 0.6) is 11.6 Å². The topological polar surface area (TPSA) is 106 Å². The number of carbonyl (C=O) groups excluding carboxylic acids is 1. The van der Waals surface area contributed by atoms with Crippen molar-refractivity contribution < 1.29 is 14.3 Å². The molecule has 3 rings (SSSR count). The summed E-state index contributed by atoms with van der Waals surface area (Å²) >= 11 is 6.22. The number of para-hydroxylation sites is 1. The second-order valence-corrected chi connectivity index (χ2v) is 8.16. The van der Waals surface area contributed by atoms with E-state index >= 15 is 0 Å². The van der Waals surface area contributed by atoms with Crippen LogP contribution < -0.4 is 15.6 Å². The van der Waals surface area contributed by atoms with Gasteiger partial charge in [-0.3, -0.25) is 14.0 Å². The van der Waals surface area contributed by atoms with Gasteiger partial charge in [0.25, 0.3) is 11.5 Å². The molecule has 176 valence electrons. The minimum Gasteiger partial charge on any atom is -0.437 e. The summed E-state index contributed by atoms with van der Waals surface area (Å²) in [6, 6.07) is 12.1. The van der Waals surface area contributed by atoms with Crippen LogP contribution in [-0.4, -0.2) is 34.5 Å². The minimum absolute atomic E-state index is 0.0436. The van der Waals surface area contributed by atoms with E-state index in [9.17, 15) is 14.9 Å². The van der Waals surface area contributed by atoms with Crippen LogP contribution in [0.3, 0.4) is 0 Å². The van der Waals surface area contributed by atoms with E-state index in [1.807, 2.05) is 32.9 Å². The number of nitriles is 1. The van der Waals surface area contributed by atoms with Crippen molar-refractivity contribution in [3.05, 3.63) is 74.7 Å². The first-order valence-electron chi connectivity index (χ1n) is 10.8. The van der Waals surface area contributed by atoms with Crippen LogP contribution in [0.15, 0.2) is 53.0 Å². The number of hydrogen-bond donors (Lipinski definition) is 1. The molecule has 3 aromatic rings. The number of amides is 1. The number of carbonyl (C=O) groups is 1. The second kappa shape index (κ2) is 11.5. The third kappa shape index (κ3) is 6.01. The Bertz CT molecular complexity index is 1320. The van der Waals surface area contributed by atoms with Gasteiger partial charge in [-0.2, -0.15) is 10.2 Å². The molecular weight excluding hydrogens is 456 g/mol. The molecule has 2 heterocycles. The van der Waals surface area contributed by atoms with Gasteiger partial charge in [-0.05, 0) is 57.0 Å². The molecule has 0 atom stereocenters. The summed E-state index contributed by atoms with van der Waals surface area (Å²) in [5.74, 6) is -0.375. The van der Waals surface area contributed by atoms with Crippen LogP contribution in [-0.2, 0) is 9.53 Å². The van der Waals surface area contributed by atoms with Crippen molar-refractivity contribution in [1.29, 1.82) is 5.26 Å². The van der Waals surface area contributed by atoms with Crippen molar-refractivity contribution in [2.45, 2.75) is 33.3 Å². The Morgan fingerprint density at radius 3 is 2.76 bits per heavy atom. The van der Waals surface area contributed by atoms with Crippen molar-refractivity contribution in [2.24, 2.45) is 0 Å². The zero-order valence-corrected chi connectivity index (χ0v) is 19.9. The molecule has 8 nitrogen and oxygen atoms in total. The average molecular weight is 481 g/mol. The summed E-state index contributed by atoms with van der Waals surface area (Å²) in [6.07, 6.45) is 3.44. The van der Waals surface area contributed by atoms with E-state index in [0.717, 1.165) is 5.56 Å². The molecule has 1 aromatic carbocycles. The minimum atomic E-state index is -0.607. The number of halogens is 1. The number of rotatable bonds is 9. The van der Waals surface area contributed by atoms with Crippen LogP contribution >= 0.6 is 11.6 Å². The molecule has 9 heteroatoms. The number of ether oxygens (including phenoxy) is 2. The maximum atomic E-state index is 13.3. The normalized spacial score (nSPS) is 11.5. The van der Waals surface area contributed by atoms with Crippen LogP contribution in [0, 0.1) is 18.3 Å². The Hall–Kier alpha value is -3.67. The smallest absolute Gasteiger partial charge is 0.269 e. The molecule has 0 saturated carbocycles. The number of nitrogens with one attached hydrogen (secondary N) is 1. The lowest BCUT2D eigenvalue weighted by molar-refractivity contribution is -0.117. The highest BCUT2D eigenvalue weighted by molar-refractivity contribution is 6.32. The van der Waals surface area contributed by atoms with Gasteiger partial charge in [0.15, 0.2) is 0 Å². The van der Waals surface area contributed by atoms with Gasteiger partial charge < -0.3 is 14.8 Å². The van der Waals surface area contributed by atoms with E-state index in [1.54, 1.807) is 36.5 Å². The number of pyridine rings is 1. The van der Waals surface area contributed by atoms with E-state index in [1.165, 1.54) is 10.5 Å². The fraction of sp³-hybridized carbons (Fsp3) is 0.280. The lowest BCUT2D eigenvalue weighted by Gasteiger charge is -2.12. The number of hydrogen-bond acceptors (Lipinski definition) is 6. The standard InChI is InChI=1S/C25H25ClN4O4/c1-16(2)33-13-7-11-28-23(31)18(15-27)14-19-24(34-21-10-5-4-9-20(21)26)29-22-17(3)8-6-12-30(22)25(19)32/h4-6,8-10,12,14,16H,7,11,13H2,1-3H3,(H,28,31)/b18-14+. The fourth-order valence-corrected chi connectivity index (χ4v) is 3.28. The first-order chi connectivity index (χ1) is 16.3. The molecule has 1 amide bonds. The first kappa shape index (κ1) is 25.0. The first-order valence-corrected chi connectivity index (χ1v) is 11.2. The third-order valence-electron chi connectivity index (χ3n) is 4.80. The van der Waals surface area contributed by atoms with E-state index in [0.29, 0.717) is 30.2 Å². The molecule has 0 aliphatic heterocycles. The van der Waals surface area contributed by atoms with Crippen molar-refractivity contribution in [2.75, 3.05) is 13.2 Å². The number of aryl methyl sites for hydroxylation is 1.